The number of ether oxygens (including phenoxy) is 1. The number of fused-ring (bicyclic) bond motifs is 1. The molecule has 27 heavy (non-hydrogen) atoms. The summed E-state index contributed by atoms with van der Waals surface area (Å²) in [6.45, 7) is 1.96. The molecule has 0 fully saturated rings. The monoisotopic (exact) mass is 401 g/mol. The van der Waals surface area contributed by atoms with Gasteiger partial charge in [-0.15, -0.1) is 0 Å². The number of H-pyrrole nitrogens is 1. The van der Waals surface area contributed by atoms with E-state index in [0.29, 0.717) is 21.5 Å². The van der Waals surface area contributed by atoms with Gasteiger partial charge in [-0.05, 0) is 68.5 Å². The van der Waals surface area contributed by atoms with Gasteiger partial charge in [-0.1, -0.05) is 35.3 Å². The lowest BCUT2D eigenvalue weighted by Crippen LogP contribution is -2.21. The molecule has 0 radical (unpaired) electrons. The van der Waals surface area contributed by atoms with Crippen molar-refractivity contribution in [2.75, 3.05) is 0 Å². The molecule has 0 unspecified atom stereocenters. The van der Waals surface area contributed by atoms with Gasteiger partial charge in [0, 0.05) is 34.0 Å². The molecular weight excluding hydrogens is 381 g/mol. The van der Waals surface area contributed by atoms with Gasteiger partial charge in [0.1, 0.15) is 11.5 Å². The Morgan fingerprint density at radius 1 is 0.963 bits per heavy atom. The molecule has 4 rings (SSSR count). The van der Waals surface area contributed by atoms with Gasteiger partial charge in [0.2, 0.25) is 0 Å². The van der Waals surface area contributed by atoms with Crippen LogP contribution in [-0.2, 0) is 12.8 Å². The van der Waals surface area contributed by atoms with Crippen LogP contribution in [0.5, 0.6) is 11.5 Å². The van der Waals surface area contributed by atoms with E-state index >= 15 is 0 Å². The third-order valence-corrected chi connectivity index (χ3v) is 5.33. The summed E-state index contributed by atoms with van der Waals surface area (Å²) in [6, 6.07) is 12.6. The molecule has 3 aromatic rings. The zero-order valence-corrected chi connectivity index (χ0v) is 16.5. The van der Waals surface area contributed by atoms with Crippen LogP contribution >= 0.6 is 23.2 Å². The molecule has 0 spiro atoms. The Bertz CT molecular complexity index is 1040. The molecule has 1 heterocycles. The van der Waals surface area contributed by atoms with Crippen LogP contribution in [0.4, 0.5) is 0 Å². The first-order valence-corrected chi connectivity index (χ1v) is 9.76. The zero-order chi connectivity index (χ0) is 19.0. The third-order valence-electron chi connectivity index (χ3n) is 4.90. The summed E-state index contributed by atoms with van der Waals surface area (Å²) >= 11 is 12.0. The second-order valence-corrected chi connectivity index (χ2v) is 7.72. The maximum atomic E-state index is 13.0. The third kappa shape index (κ3) is 3.76. The summed E-state index contributed by atoms with van der Waals surface area (Å²) < 4.78 is 5.83. The van der Waals surface area contributed by atoms with Crippen molar-refractivity contribution in [3.05, 3.63) is 79.7 Å². The summed E-state index contributed by atoms with van der Waals surface area (Å²) in [5, 5.41) is 1.04. The Labute approximate surface area is 169 Å². The standard InChI is InChI=1S/C22H19Cl2NO2.H2/c1-13-21(22(26)19-4-2-3-5-20(19)25-13)14-6-8-17(9-7-14)27-18-11-15(23)10-16(24)12-18;/h6-12H,2-5H2,1H3,(H,25,26);1H. The minimum atomic E-state index is 0. The van der Waals surface area contributed by atoms with Gasteiger partial charge < -0.3 is 9.72 Å². The quantitative estimate of drug-likeness (QED) is 0.538. The molecule has 3 nitrogen and oxygen atoms in total. The summed E-state index contributed by atoms with van der Waals surface area (Å²) in [7, 11) is 0. The van der Waals surface area contributed by atoms with E-state index in [2.05, 4.69) is 4.98 Å². The number of hydrogen-bond acceptors (Lipinski definition) is 2. The van der Waals surface area contributed by atoms with Crippen molar-refractivity contribution in [2.24, 2.45) is 0 Å². The number of aryl methyl sites for hydroxylation is 2. The highest BCUT2D eigenvalue weighted by Crippen LogP contribution is 2.30. The number of benzene rings is 2. The fraction of sp³-hybridized carbons (Fsp3) is 0.227. The largest absolute Gasteiger partial charge is 0.457 e. The van der Waals surface area contributed by atoms with Crippen molar-refractivity contribution in [3.63, 3.8) is 0 Å². The van der Waals surface area contributed by atoms with Crippen LogP contribution in [0.1, 0.15) is 31.2 Å². The van der Waals surface area contributed by atoms with E-state index < -0.39 is 0 Å². The topological polar surface area (TPSA) is 42.1 Å². The number of nitrogens with one attached hydrogen (secondary N) is 1. The molecule has 140 valence electrons. The second kappa shape index (κ2) is 7.41. The molecule has 1 aliphatic carbocycles. The highest BCUT2D eigenvalue weighted by atomic mass is 35.5. The SMILES string of the molecule is Cc1[nH]c2c(c(=O)c1-c1ccc(Oc3cc(Cl)cc(Cl)c3)cc1)CCCC2.[HH]. The van der Waals surface area contributed by atoms with Crippen molar-refractivity contribution in [1.82, 2.24) is 4.98 Å². The van der Waals surface area contributed by atoms with Crippen LogP contribution in [0.15, 0.2) is 47.3 Å². The Morgan fingerprint density at radius 3 is 2.33 bits per heavy atom. The first-order chi connectivity index (χ1) is 13.0. The smallest absolute Gasteiger partial charge is 0.193 e. The molecule has 0 amide bonds. The van der Waals surface area contributed by atoms with Gasteiger partial charge in [-0.25, -0.2) is 0 Å². The lowest BCUT2D eigenvalue weighted by atomic mass is 9.91. The van der Waals surface area contributed by atoms with E-state index in [-0.39, 0.29) is 6.86 Å². The first kappa shape index (κ1) is 18.1. The van der Waals surface area contributed by atoms with E-state index in [0.717, 1.165) is 53.8 Å². The zero-order valence-electron chi connectivity index (χ0n) is 14.9. The molecule has 5 heteroatoms. The molecule has 1 aliphatic rings. The lowest BCUT2D eigenvalue weighted by molar-refractivity contribution is 0.483. The highest BCUT2D eigenvalue weighted by molar-refractivity contribution is 6.34. The van der Waals surface area contributed by atoms with Crippen LogP contribution in [0.2, 0.25) is 10.0 Å². The van der Waals surface area contributed by atoms with Gasteiger partial charge in [-0.2, -0.15) is 0 Å². The normalized spacial score (nSPS) is 13.3. The fourth-order valence-corrected chi connectivity index (χ4v) is 4.17. The molecular formula is C22H21Cl2NO2. The number of halogens is 2. The van der Waals surface area contributed by atoms with Gasteiger partial charge in [0.25, 0.3) is 0 Å². The molecule has 1 aromatic heterocycles. The molecule has 2 aromatic carbocycles. The van der Waals surface area contributed by atoms with Crippen LogP contribution in [0.25, 0.3) is 11.1 Å². The van der Waals surface area contributed by atoms with Crippen molar-refractivity contribution in [2.45, 2.75) is 32.6 Å². The number of aromatic amines is 1. The van der Waals surface area contributed by atoms with Gasteiger partial charge in [0.15, 0.2) is 5.43 Å². The van der Waals surface area contributed by atoms with E-state index in [4.69, 9.17) is 27.9 Å². The van der Waals surface area contributed by atoms with Gasteiger partial charge in [-0.3, -0.25) is 4.79 Å². The summed E-state index contributed by atoms with van der Waals surface area (Å²) in [4.78, 5) is 16.4. The van der Waals surface area contributed by atoms with E-state index in [9.17, 15) is 4.79 Å². The Balaban J connectivity index is 0.00000225. The molecule has 0 aliphatic heterocycles. The first-order valence-electron chi connectivity index (χ1n) is 9.00. The van der Waals surface area contributed by atoms with Crippen LogP contribution in [0, 0.1) is 6.92 Å². The van der Waals surface area contributed by atoms with E-state index in [1.807, 2.05) is 31.2 Å². The number of rotatable bonds is 3. The van der Waals surface area contributed by atoms with Crippen LogP contribution < -0.4 is 10.2 Å². The van der Waals surface area contributed by atoms with Crippen molar-refractivity contribution in [3.8, 4) is 22.6 Å². The summed E-state index contributed by atoms with van der Waals surface area (Å²) in [6.07, 6.45) is 4.03. The number of hydrogen-bond donors (Lipinski definition) is 1. The Kier molecular flexibility index (Phi) is 4.98. The minimum Gasteiger partial charge on any atom is -0.457 e. The van der Waals surface area contributed by atoms with Crippen LogP contribution in [-0.4, -0.2) is 4.98 Å². The number of pyridine rings is 1. The van der Waals surface area contributed by atoms with Crippen molar-refractivity contribution in [1.29, 1.82) is 0 Å². The van der Waals surface area contributed by atoms with Crippen molar-refractivity contribution >= 4 is 23.2 Å². The predicted molar refractivity (Wildman–Crippen MR) is 113 cm³/mol. The molecule has 0 bridgehead atoms. The Morgan fingerprint density at radius 2 is 1.63 bits per heavy atom. The molecule has 1 N–H and O–H groups in total. The van der Waals surface area contributed by atoms with Crippen LogP contribution in [0.3, 0.4) is 0 Å². The fourth-order valence-electron chi connectivity index (χ4n) is 3.66. The summed E-state index contributed by atoms with van der Waals surface area (Å²) in [5.41, 5.74) is 4.74. The molecule has 0 atom stereocenters. The average molecular weight is 402 g/mol. The van der Waals surface area contributed by atoms with Crippen molar-refractivity contribution < 1.29 is 6.16 Å². The second-order valence-electron chi connectivity index (χ2n) is 6.85. The maximum Gasteiger partial charge on any atom is 0.193 e. The Hall–Kier alpha value is -2.23. The highest BCUT2D eigenvalue weighted by Gasteiger charge is 2.18. The van der Waals surface area contributed by atoms with E-state index in [1.165, 1.54) is 0 Å². The predicted octanol–water partition coefficient (Wildman–Crippen LogP) is 6.57. The molecule has 0 saturated carbocycles. The average Bonchev–Trinajstić information content (AvgIpc) is 2.62. The van der Waals surface area contributed by atoms with Gasteiger partial charge >= 0.3 is 0 Å². The number of aromatic nitrogens is 1. The molecule has 0 saturated heterocycles. The minimum absolute atomic E-state index is 0. The van der Waals surface area contributed by atoms with Gasteiger partial charge in [0.05, 0.1) is 0 Å². The lowest BCUT2D eigenvalue weighted by Gasteiger charge is -2.18. The van der Waals surface area contributed by atoms with E-state index in [1.54, 1.807) is 18.2 Å². The maximum absolute atomic E-state index is 13.0. The summed E-state index contributed by atoms with van der Waals surface area (Å²) in [5.74, 6) is 1.23.